The summed E-state index contributed by atoms with van der Waals surface area (Å²) in [5, 5.41) is 3.50. The Morgan fingerprint density at radius 2 is 1.77 bits per heavy atom. The van der Waals surface area contributed by atoms with Crippen molar-refractivity contribution in [2.45, 2.75) is 32.7 Å². The summed E-state index contributed by atoms with van der Waals surface area (Å²) in [5.74, 6) is 1.08. The van der Waals surface area contributed by atoms with E-state index in [2.05, 4.69) is 52.5 Å². The van der Waals surface area contributed by atoms with Crippen molar-refractivity contribution >= 4 is 11.0 Å². The second-order valence-corrected chi connectivity index (χ2v) is 5.65. The number of H-pyrrole nitrogens is 1. The maximum absolute atomic E-state index is 4.60. The quantitative estimate of drug-likeness (QED) is 0.650. The topological polar surface area (TPSA) is 40.7 Å². The molecule has 2 aromatic carbocycles. The average Bonchev–Trinajstić information content (AvgIpc) is 2.98. The number of hydrogen-bond acceptors (Lipinski definition) is 2. The van der Waals surface area contributed by atoms with Crippen LogP contribution in [0.15, 0.2) is 48.5 Å². The van der Waals surface area contributed by atoms with E-state index >= 15 is 0 Å². The van der Waals surface area contributed by atoms with Crippen LogP contribution in [0.5, 0.6) is 0 Å². The molecule has 22 heavy (non-hydrogen) atoms. The van der Waals surface area contributed by atoms with Crippen molar-refractivity contribution in [3.05, 3.63) is 65.5 Å². The maximum Gasteiger partial charge on any atom is 0.107 e. The van der Waals surface area contributed by atoms with Crippen LogP contribution in [0.25, 0.3) is 11.0 Å². The summed E-state index contributed by atoms with van der Waals surface area (Å²) >= 11 is 0. The Morgan fingerprint density at radius 1 is 1.00 bits per heavy atom. The average molecular weight is 293 g/mol. The number of hydrogen-bond donors (Lipinski definition) is 2. The van der Waals surface area contributed by atoms with E-state index < -0.39 is 0 Å². The Kier molecular flexibility index (Phi) is 4.86. The molecule has 0 aliphatic heterocycles. The molecule has 2 N–H and O–H groups in total. The van der Waals surface area contributed by atoms with Crippen LogP contribution in [0.4, 0.5) is 0 Å². The van der Waals surface area contributed by atoms with Crippen molar-refractivity contribution in [2.75, 3.05) is 6.54 Å². The largest absolute Gasteiger partial charge is 0.342 e. The first-order chi connectivity index (χ1) is 10.8. The molecule has 0 bridgehead atoms. The van der Waals surface area contributed by atoms with Crippen molar-refractivity contribution < 1.29 is 0 Å². The van der Waals surface area contributed by atoms with Gasteiger partial charge in [-0.15, -0.1) is 0 Å². The van der Waals surface area contributed by atoms with Crippen LogP contribution in [0, 0.1) is 0 Å². The monoisotopic (exact) mass is 293 g/mol. The van der Waals surface area contributed by atoms with Crippen molar-refractivity contribution in [3.63, 3.8) is 0 Å². The minimum absolute atomic E-state index is 0.935. The molecular formula is C19H23N3. The van der Waals surface area contributed by atoms with Gasteiger partial charge in [-0.3, -0.25) is 0 Å². The van der Waals surface area contributed by atoms with Crippen molar-refractivity contribution in [2.24, 2.45) is 0 Å². The van der Waals surface area contributed by atoms with Crippen molar-refractivity contribution in [1.82, 2.24) is 15.3 Å². The van der Waals surface area contributed by atoms with Crippen molar-refractivity contribution in [3.8, 4) is 0 Å². The maximum atomic E-state index is 4.60. The second kappa shape index (κ2) is 7.23. The molecule has 3 heteroatoms. The van der Waals surface area contributed by atoms with Gasteiger partial charge in [0, 0.05) is 13.0 Å². The van der Waals surface area contributed by atoms with Gasteiger partial charge in [0.25, 0.3) is 0 Å². The fraction of sp³-hybridized carbons (Fsp3) is 0.316. The smallest absolute Gasteiger partial charge is 0.107 e. The van der Waals surface area contributed by atoms with E-state index in [-0.39, 0.29) is 0 Å². The molecule has 0 unspecified atom stereocenters. The summed E-state index contributed by atoms with van der Waals surface area (Å²) in [5.41, 5.74) is 4.93. The number of aromatic nitrogens is 2. The molecule has 0 fully saturated rings. The summed E-state index contributed by atoms with van der Waals surface area (Å²) < 4.78 is 0. The van der Waals surface area contributed by atoms with Crippen LogP contribution in [0.3, 0.4) is 0 Å². The molecule has 0 saturated heterocycles. The van der Waals surface area contributed by atoms with Crippen LogP contribution < -0.4 is 5.32 Å². The Hall–Kier alpha value is -2.13. The molecule has 3 rings (SSSR count). The number of fused-ring (bicyclic) bond motifs is 1. The molecule has 114 valence electrons. The molecule has 0 radical (unpaired) electrons. The molecule has 0 spiro atoms. The van der Waals surface area contributed by atoms with Gasteiger partial charge in [0.2, 0.25) is 0 Å². The summed E-state index contributed by atoms with van der Waals surface area (Å²) in [4.78, 5) is 7.98. The molecule has 0 aliphatic carbocycles. The third kappa shape index (κ3) is 3.74. The van der Waals surface area contributed by atoms with E-state index in [4.69, 9.17) is 0 Å². The summed E-state index contributed by atoms with van der Waals surface area (Å²) in [6, 6.07) is 17.0. The first kappa shape index (κ1) is 14.8. The van der Waals surface area contributed by atoms with E-state index in [1.54, 1.807) is 0 Å². The van der Waals surface area contributed by atoms with Gasteiger partial charge in [0.05, 0.1) is 11.0 Å². The Bertz CT molecular complexity index is 680. The molecule has 0 amide bonds. The highest BCUT2D eigenvalue weighted by molar-refractivity contribution is 5.74. The SMILES string of the molecule is CCc1ccc(CNCCCc2nc3ccccc3[nH]2)cc1. The van der Waals surface area contributed by atoms with Crippen LogP contribution in [-0.2, 0) is 19.4 Å². The van der Waals surface area contributed by atoms with Gasteiger partial charge in [-0.1, -0.05) is 43.3 Å². The number of nitrogens with one attached hydrogen (secondary N) is 2. The van der Waals surface area contributed by atoms with E-state index in [9.17, 15) is 0 Å². The second-order valence-electron chi connectivity index (χ2n) is 5.65. The Morgan fingerprint density at radius 3 is 2.55 bits per heavy atom. The highest BCUT2D eigenvalue weighted by Crippen LogP contribution is 2.11. The minimum Gasteiger partial charge on any atom is -0.342 e. The predicted octanol–water partition coefficient (Wildman–Crippen LogP) is 3.85. The first-order valence-corrected chi connectivity index (χ1v) is 8.07. The van der Waals surface area contributed by atoms with Gasteiger partial charge in [0.15, 0.2) is 0 Å². The lowest BCUT2D eigenvalue weighted by molar-refractivity contribution is 0.641. The zero-order chi connectivity index (χ0) is 15.2. The number of nitrogens with zero attached hydrogens (tertiary/aromatic N) is 1. The molecule has 3 nitrogen and oxygen atoms in total. The first-order valence-electron chi connectivity index (χ1n) is 8.07. The fourth-order valence-corrected chi connectivity index (χ4v) is 2.63. The van der Waals surface area contributed by atoms with Gasteiger partial charge in [-0.25, -0.2) is 4.98 Å². The zero-order valence-electron chi connectivity index (χ0n) is 13.1. The highest BCUT2D eigenvalue weighted by atomic mass is 14.9. The van der Waals surface area contributed by atoms with Crippen LogP contribution in [0.1, 0.15) is 30.3 Å². The van der Waals surface area contributed by atoms with E-state index in [1.807, 2.05) is 18.2 Å². The highest BCUT2D eigenvalue weighted by Gasteiger charge is 2.01. The van der Waals surface area contributed by atoms with Gasteiger partial charge < -0.3 is 10.3 Å². The fourth-order valence-electron chi connectivity index (χ4n) is 2.63. The predicted molar refractivity (Wildman–Crippen MR) is 91.9 cm³/mol. The molecular weight excluding hydrogens is 270 g/mol. The normalized spacial score (nSPS) is 11.1. The van der Waals surface area contributed by atoms with E-state index in [0.717, 1.165) is 49.2 Å². The lowest BCUT2D eigenvalue weighted by Gasteiger charge is -2.05. The summed E-state index contributed by atoms with van der Waals surface area (Å²) in [6.07, 6.45) is 3.18. The van der Waals surface area contributed by atoms with E-state index in [0.29, 0.717) is 0 Å². The van der Waals surface area contributed by atoms with Gasteiger partial charge in [-0.05, 0) is 42.6 Å². The number of benzene rings is 2. The number of rotatable bonds is 7. The van der Waals surface area contributed by atoms with Crippen molar-refractivity contribution in [1.29, 1.82) is 0 Å². The Balaban J connectivity index is 1.41. The summed E-state index contributed by atoms with van der Waals surface area (Å²) in [7, 11) is 0. The lowest BCUT2D eigenvalue weighted by Crippen LogP contribution is -2.15. The minimum atomic E-state index is 0.935. The third-order valence-electron chi connectivity index (χ3n) is 3.97. The van der Waals surface area contributed by atoms with Crippen LogP contribution in [-0.4, -0.2) is 16.5 Å². The number of imidazole rings is 1. The molecule has 0 atom stereocenters. The molecule has 0 saturated carbocycles. The molecule has 0 aliphatic rings. The van der Waals surface area contributed by atoms with Crippen LogP contribution in [0.2, 0.25) is 0 Å². The number of para-hydroxylation sites is 2. The van der Waals surface area contributed by atoms with Gasteiger partial charge in [0.1, 0.15) is 5.82 Å². The Labute approximate surface area is 131 Å². The lowest BCUT2D eigenvalue weighted by atomic mass is 10.1. The van der Waals surface area contributed by atoms with Crippen LogP contribution >= 0.6 is 0 Å². The third-order valence-corrected chi connectivity index (χ3v) is 3.97. The number of aromatic amines is 1. The molecule has 3 aromatic rings. The standard InChI is InChI=1S/C19H23N3/c1-2-15-9-11-16(12-10-15)14-20-13-5-8-19-21-17-6-3-4-7-18(17)22-19/h3-4,6-7,9-12,20H,2,5,8,13-14H2,1H3,(H,21,22). The van der Waals surface area contributed by atoms with Gasteiger partial charge >= 0.3 is 0 Å². The molecule has 1 aromatic heterocycles. The van der Waals surface area contributed by atoms with Gasteiger partial charge in [-0.2, -0.15) is 0 Å². The molecule has 1 heterocycles. The zero-order valence-corrected chi connectivity index (χ0v) is 13.1. The number of aryl methyl sites for hydroxylation is 2. The van der Waals surface area contributed by atoms with E-state index in [1.165, 1.54) is 11.1 Å². The summed E-state index contributed by atoms with van der Waals surface area (Å²) in [6.45, 7) is 4.13.